The maximum Gasteiger partial charge on any atom is 0.259 e. The molecule has 1 aliphatic carbocycles. The van der Waals surface area contributed by atoms with Gasteiger partial charge in [0, 0.05) is 37.3 Å². The van der Waals surface area contributed by atoms with Gasteiger partial charge in [0.05, 0.1) is 12.6 Å². The Morgan fingerprint density at radius 1 is 1.24 bits per heavy atom. The average molecular weight is 470 g/mol. The number of likely N-dealkylation sites (N-methyl/N-ethyl adjacent to an activating group) is 1. The number of amides is 1. The Morgan fingerprint density at radius 2 is 2.00 bits per heavy atom. The molecule has 0 saturated heterocycles. The molecule has 1 aliphatic heterocycles. The monoisotopic (exact) mass is 469 g/mol. The van der Waals surface area contributed by atoms with E-state index in [1.807, 2.05) is 6.92 Å². The Hall–Kier alpha value is -2.51. The van der Waals surface area contributed by atoms with Crippen LogP contribution in [0, 0.1) is 17.7 Å². The average Bonchev–Trinajstić information content (AvgIpc) is 3.33. The third-order valence-corrected chi connectivity index (χ3v) is 7.22. The highest BCUT2D eigenvalue weighted by atomic mass is 19.1. The molecule has 1 fully saturated rings. The van der Waals surface area contributed by atoms with Gasteiger partial charge in [-0.25, -0.2) is 9.37 Å². The molecule has 0 bridgehead atoms. The molecule has 7 heteroatoms. The first kappa shape index (κ1) is 24.6. The number of aliphatic hydroxyl groups excluding tert-OH is 1. The number of pyridine rings is 1. The highest BCUT2D eigenvalue weighted by Gasteiger charge is 2.34. The Labute approximate surface area is 201 Å². The second-order valence-electron chi connectivity index (χ2n) is 10.1. The van der Waals surface area contributed by atoms with E-state index in [1.165, 1.54) is 37.8 Å². The van der Waals surface area contributed by atoms with Crippen molar-refractivity contribution in [3.8, 4) is 17.0 Å². The molecule has 1 amide bonds. The molecule has 2 aromatic rings. The third-order valence-electron chi connectivity index (χ3n) is 7.22. The normalized spacial score (nSPS) is 22.3. The largest absolute Gasteiger partial charge is 0.472 e. The molecular formula is C27H36FN3O3. The van der Waals surface area contributed by atoms with Crippen LogP contribution in [-0.2, 0) is 0 Å². The third kappa shape index (κ3) is 5.58. The molecule has 0 unspecified atom stereocenters. The number of carbonyl (C=O) groups is 1. The van der Waals surface area contributed by atoms with Crippen molar-refractivity contribution >= 4 is 5.91 Å². The Bertz CT molecular complexity index is 995. The predicted octanol–water partition coefficient (Wildman–Crippen LogP) is 4.23. The van der Waals surface area contributed by atoms with Gasteiger partial charge in [0.1, 0.15) is 17.5 Å². The number of benzene rings is 1. The van der Waals surface area contributed by atoms with Gasteiger partial charge in [-0.3, -0.25) is 4.79 Å². The fourth-order valence-corrected chi connectivity index (χ4v) is 5.16. The van der Waals surface area contributed by atoms with Crippen molar-refractivity contribution in [3.63, 3.8) is 0 Å². The standard InChI is InChI=1S/C27H36FN3O3/c1-18-14-31(19(2)17-32)27(33)24-12-22(21-9-6-10-23(28)11-21)13-29-26(24)34-25(18)16-30(3)15-20-7-4-5-8-20/h6,9-13,18-20,25,32H,4-5,7-8,14-17H2,1-3H3/t18-,19-,25+/m0/s1. The lowest BCUT2D eigenvalue weighted by molar-refractivity contribution is 0.0320. The number of aliphatic hydroxyl groups is 1. The van der Waals surface area contributed by atoms with E-state index in [9.17, 15) is 14.3 Å². The lowest BCUT2D eigenvalue weighted by Gasteiger charge is -2.38. The van der Waals surface area contributed by atoms with Gasteiger partial charge in [0.2, 0.25) is 5.88 Å². The highest BCUT2D eigenvalue weighted by molar-refractivity contribution is 5.98. The molecule has 1 saturated carbocycles. The van der Waals surface area contributed by atoms with Crippen molar-refractivity contribution in [1.29, 1.82) is 0 Å². The van der Waals surface area contributed by atoms with Crippen LogP contribution >= 0.6 is 0 Å². The molecule has 0 spiro atoms. The quantitative estimate of drug-likeness (QED) is 0.658. The highest BCUT2D eigenvalue weighted by Crippen LogP contribution is 2.31. The van der Waals surface area contributed by atoms with E-state index in [4.69, 9.17) is 4.74 Å². The van der Waals surface area contributed by atoms with E-state index < -0.39 is 0 Å². The van der Waals surface area contributed by atoms with E-state index in [-0.39, 0.29) is 36.4 Å². The topological polar surface area (TPSA) is 65.9 Å². The van der Waals surface area contributed by atoms with Gasteiger partial charge in [-0.15, -0.1) is 0 Å². The first-order valence-corrected chi connectivity index (χ1v) is 12.4. The van der Waals surface area contributed by atoms with Crippen molar-refractivity contribution in [2.45, 2.75) is 51.7 Å². The molecule has 4 rings (SSSR count). The second-order valence-corrected chi connectivity index (χ2v) is 10.1. The smallest absolute Gasteiger partial charge is 0.259 e. The number of halogens is 1. The van der Waals surface area contributed by atoms with Crippen LogP contribution in [0.1, 0.15) is 49.9 Å². The zero-order valence-corrected chi connectivity index (χ0v) is 20.4. The molecule has 1 aromatic heterocycles. The summed E-state index contributed by atoms with van der Waals surface area (Å²) in [4.78, 5) is 22.1. The summed E-state index contributed by atoms with van der Waals surface area (Å²) < 4.78 is 20.2. The minimum atomic E-state index is -0.346. The SMILES string of the molecule is C[C@H]1CN([C@@H](C)CO)C(=O)c2cc(-c3cccc(F)c3)cnc2O[C@@H]1CN(C)CC1CCCC1. The van der Waals surface area contributed by atoms with E-state index >= 15 is 0 Å². The molecule has 6 nitrogen and oxygen atoms in total. The molecule has 0 radical (unpaired) electrons. The Morgan fingerprint density at radius 3 is 2.71 bits per heavy atom. The Balaban J connectivity index is 1.65. The molecule has 2 aliphatic rings. The first-order chi connectivity index (χ1) is 16.4. The fraction of sp³-hybridized carbons (Fsp3) is 0.556. The van der Waals surface area contributed by atoms with Gasteiger partial charge < -0.3 is 19.6 Å². The van der Waals surface area contributed by atoms with Crippen LogP contribution in [0.25, 0.3) is 11.1 Å². The van der Waals surface area contributed by atoms with E-state index in [1.54, 1.807) is 29.3 Å². The number of nitrogens with zero attached hydrogens (tertiary/aromatic N) is 3. The van der Waals surface area contributed by atoms with Crippen LogP contribution in [0.2, 0.25) is 0 Å². The van der Waals surface area contributed by atoms with Crippen LogP contribution in [0.5, 0.6) is 5.88 Å². The van der Waals surface area contributed by atoms with Crippen LogP contribution in [0.3, 0.4) is 0 Å². The molecular weight excluding hydrogens is 433 g/mol. The summed E-state index contributed by atoms with van der Waals surface area (Å²) in [6.07, 6.45) is 6.68. The van der Waals surface area contributed by atoms with Crippen molar-refractivity contribution in [2.24, 2.45) is 11.8 Å². The maximum atomic E-state index is 13.8. The Kier molecular flexibility index (Phi) is 7.84. The molecule has 3 atom stereocenters. The number of ether oxygens (including phenoxy) is 1. The molecule has 34 heavy (non-hydrogen) atoms. The van der Waals surface area contributed by atoms with Crippen molar-refractivity contribution in [1.82, 2.24) is 14.8 Å². The fourth-order valence-electron chi connectivity index (χ4n) is 5.16. The zero-order chi connectivity index (χ0) is 24.2. The predicted molar refractivity (Wildman–Crippen MR) is 130 cm³/mol. The number of hydrogen-bond acceptors (Lipinski definition) is 5. The number of carbonyl (C=O) groups excluding carboxylic acids is 1. The molecule has 1 aromatic carbocycles. The van der Waals surface area contributed by atoms with Gasteiger partial charge in [-0.05, 0) is 56.5 Å². The first-order valence-electron chi connectivity index (χ1n) is 12.4. The lowest BCUT2D eigenvalue weighted by Crippen LogP contribution is -2.50. The van der Waals surface area contributed by atoms with Gasteiger partial charge in [-0.2, -0.15) is 0 Å². The minimum Gasteiger partial charge on any atom is -0.472 e. The summed E-state index contributed by atoms with van der Waals surface area (Å²) in [5.74, 6) is 0.516. The molecule has 184 valence electrons. The van der Waals surface area contributed by atoms with Gasteiger partial charge in [-0.1, -0.05) is 31.9 Å². The summed E-state index contributed by atoms with van der Waals surface area (Å²) in [5.41, 5.74) is 1.64. The van der Waals surface area contributed by atoms with Crippen molar-refractivity contribution in [2.75, 3.05) is 33.3 Å². The lowest BCUT2D eigenvalue weighted by atomic mass is 9.98. The molecule has 1 N–H and O–H groups in total. The van der Waals surface area contributed by atoms with E-state index in [0.29, 0.717) is 29.1 Å². The van der Waals surface area contributed by atoms with Crippen LogP contribution in [-0.4, -0.2) is 71.2 Å². The van der Waals surface area contributed by atoms with Crippen molar-refractivity contribution in [3.05, 3.63) is 47.9 Å². The van der Waals surface area contributed by atoms with E-state index in [2.05, 4.69) is 23.9 Å². The second kappa shape index (κ2) is 10.8. The number of rotatable bonds is 7. The summed E-state index contributed by atoms with van der Waals surface area (Å²) in [7, 11) is 2.13. The van der Waals surface area contributed by atoms with Gasteiger partial charge >= 0.3 is 0 Å². The van der Waals surface area contributed by atoms with Crippen LogP contribution in [0.4, 0.5) is 4.39 Å². The van der Waals surface area contributed by atoms with Crippen molar-refractivity contribution < 1.29 is 19.0 Å². The van der Waals surface area contributed by atoms with Gasteiger partial charge in [0.15, 0.2) is 0 Å². The molecule has 2 heterocycles. The van der Waals surface area contributed by atoms with Crippen LogP contribution < -0.4 is 4.74 Å². The zero-order valence-electron chi connectivity index (χ0n) is 20.4. The summed E-state index contributed by atoms with van der Waals surface area (Å²) in [5, 5.41) is 9.84. The summed E-state index contributed by atoms with van der Waals surface area (Å²) in [6, 6.07) is 7.63. The minimum absolute atomic E-state index is 0.0572. The van der Waals surface area contributed by atoms with Crippen LogP contribution in [0.15, 0.2) is 36.5 Å². The maximum absolute atomic E-state index is 13.8. The van der Waals surface area contributed by atoms with E-state index in [0.717, 1.165) is 19.0 Å². The number of fused-ring (bicyclic) bond motifs is 1. The summed E-state index contributed by atoms with van der Waals surface area (Å²) >= 11 is 0. The van der Waals surface area contributed by atoms with Gasteiger partial charge in [0.25, 0.3) is 5.91 Å². The number of hydrogen-bond donors (Lipinski definition) is 1. The summed E-state index contributed by atoms with van der Waals surface area (Å²) in [6.45, 7) is 6.06. The number of aromatic nitrogens is 1.